The number of hydrogen-bond acceptors (Lipinski definition) is 7. The second kappa shape index (κ2) is 12.0. The number of hydrogen-bond donors (Lipinski definition) is 2. The zero-order valence-corrected chi connectivity index (χ0v) is 19.8. The van der Waals surface area contributed by atoms with Crippen molar-refractivity contribution in [1.29, 1.82) is 0 Å². The molecule has 4 rings (SSSR count). The van der Waals surface area contributed by atoms with Gasteiger partial charge in [0.2, 0.25) is 5.82 Å². The van der Waals surface area contributed by atoms with Gasteiger partial charge in [0.1, 0.15) is 0 Å². The van der Waals surface area contributed by atoms with Crippen LogP contribution in [0, 0.1) is 0 Å². The average Bonchev–Trinajstić information content (AvgIpc) is 3.35. The number of carbonyl (C=O) groups excluding carboxylic acids is 2. The number of fused-ring (bicyclic) bond motifs is 1. The summed E-state index contributed by atoms with van der Waals surface area (Å²) >= 11 is 0. The van der Waals surface area contributed by atoms with Crippen LogP contribution in [0.5, 0.6) is 0 Å². The fourth-order valence-corrected chi connectivity index (χ4v) is 3.58. The Kier molecular flexibility index (Phi) is 8.84. The number of nitrogens with one attached hydrogen (secondary N) is 1. The number of amides is 1. The van der Waals surface area contributed by atoms with Crippen LogP contribution in [-0.4, -0.2) is 28.5 Å². The molecule has 0 spiro atoms. The molecule has 1 aliphatic rings. The van der Waals surface area contributed by atoms with E-state index in [4.69, 9.17) is 15.2 Å². The van der Waals surface area contributed by atoms with Gasteiger partial charge < -0.3 is 20.5 Å². The maximum atomic E-state index is 13.1. The van der Waals surface area contributed by atoms with Gasteiger partial charge in [0.05, 0.1) is 37.6 Å². The summed E-state index contributed by atoms with van der Waals surface area (Å²) < 4.78 is 10.6. The van der Waals surface area contributed by atoms with Crippen molar-refractivity contribution in [2.24, 2.45) is 5.73 Å². The Hall–Kier alpha value is -3.62. The van der Waals surface area contributed by atoms with Crippen LogP contribution in [0.3, 0.4) is 0 Å². The van der Waals surface area contributed by atoms with Crippen molar-refractivity contribution in [3.63, 3.8) is 0 Å². The maximum absolute atomic E-state index is 13.1. The number of benzene rings is 2. The number of ether oxygens (including phenoxy) is 2. The minimum Gasteiger partial charge on any atom is -0.466 e. The molecule has 3 aromatic rings. The molecule has 8 heteroatoms. The van der Waals surface area contributed by atoms with Gasteiger partial charge in [-0.15, -0.1) is 0 Å². The predicted octanol–water partition coefficient (Wildman–Crippen LogP) is 4.02. The Morgan fingerprint density at radius 2 is 1.88 bits per heavy atom. The highest BCUT2D eigenvalue weighted by Gasteiger charge is 2.24. The van der Waals surface area contributed by atoms with Gasteiger partial charge in [-0.3, -0.25) is 9.59 Å². The summed E-state index contributed by atoms with van der Waals surface area (Å²) in [6.07, 6.45) is 0.0559. The van der Waals surface area contributed by atoms with E-state index in [0.717, 1.165) is 16.7 Å². The van der Waals surface area contributed by atoms with Gasteiger partial charge in [0.15, 0.2) is 0 Å². The summed E-state index contributed by atoms with van der Waals surface area (Å²) in [5.41, 5.74) is 11.0. The van der Waals surface area contributed by atoms with E-state index in [1.165, 1.54) is 0 Å². The first kappa shape index (κ1) is 25.0. The van der Waals surface area contributed by atoms with E-state index >= 15 is 0 Å². The van der Waals surface area contributed by atoms with Crippen LogP contribution in [0.1, 0.15) is 53.8 Å². The van der Waals surface area contributed by atoms with E-state index in [-0.39, 0.29) is 18.2 Å². The van der Waals surface area contributed by atoms with Gasteiger partial charge >= 0.3 is 5.97 Å². The summed E-state index contributed by atoms with van der Waals surface area (Å²) in [4.78, 5) is 34.0. The third kappa shape index (κ3) is 5.84. The molecule has 178 valence electrons. The van der Waals surface area contributed by atoms with Crippen LogP contribution in [0.15, 0.2) is 48.5 Å². The molecular weight excluding hydrogens is 432 g/mol. The highest BCUT2D eigenvalue weighted by Crippen LogP contribution is 2.29. The number of aromatic nitrogens is 2. The molecule has 0 fully saturated rings. The van der Waals surface area contributed by atoms with Crippen molar-refractivity contribution < 1.29 is 19.1 Å². The van der Waals surface area contributed by atoms with E-state index in [0.29, 0.717) is 49.0 Å². The summed E-state index contributed by atoms with van der Waals surface area (Å²) in [7, 11) is 0. The molecule has 0 unspecified atom stereocenters. The first-order valence-electron chi connectivity index (χ1n) is 11.4. The van der Waals surface area contributed by atoms with Gasteiger partial charge in [-0.25, -0.2) is 9.97 Å². The van der Waals surface area contributed by atoms with Crippen LogP contribution in [0.4, 0.5) is 5.69 Å². The first-order chi connectivity index (χ1) is 16.6. The average molecular weight is 463 g/mol. The molecule has 3 N–H and O–H groups in total. The third-order valence-corrected chi connectivity index (χ3v) is 5.12. The lowest BCUT2D eigenvalue weighted by atomic mass is 10.0. The molecule has 1 amide bonds. The Morgan fingerprint density at radius 3 is 2.65 bits per heavy atom. The van der Waals surface area contributed by atoms with Crippen molar-refractivity contribution in [2.45, 2.75) is 47.0 Å². The quantitative estimate of drug-likeness (QED) is 0.510. The van der Waals surface area contributed by atoms with E-state index in [1.807, 2.05) is 38.1 Å². The molecule has 2 aromatic carbocycles. The first-order valence-corrected chi connectivity index (χ1v) is 11.4. The monoisotopic (exact) mass is 462 g/mol. The second-order valence-corrected chi connectivity index (χ2v) is 7.31. The lowest BCUT2D eigenvalue weighted by Gasteiger charge is -2.12. The number of carbonyl (C=O) groups is 2. The van der Waals surface area contributed by atoms with Crippen molar-refractivity contribution in [1.82, 2.24) is 9.97 Å². The fraction of sp³-hybridized carbons (Fsp3) is 0.308. The van der Waals surface area contributed by atoms with E-state index < -0.39 is 5.91 Å². The molecular formula is C26H30N4O4. The molecule has 0 aliphatic carbocycles. The molecule has 0 bridgehead atoms. The second-order valence-electron chi connectivity index (χ2n) is 7.31. The summed E-state index contributed by atoms with van der Waals surface area (Å²) in [5, 5.41) is 2.83. The van der Waals surface area contributed by atoms with Crippen molar-refractivity contribution in [3.05, 3.63) is 76.7 Å². The van der Waals surface area contributed by atoms with E-state index in [9.17, 15) is 9.59 Å². The van der Waals surface area contributed by atoms with Gasteiger partial charge in [0, 0.05) is 23.4 Å². The zero-order valence-electron chi connectivity index (χ0n) is 19.8. The molecule has 34 heavy (non-hydrogen) atoms. The minimum absolute atomic E-state index is 0.0355. The standard InChI is InChI=1S/C24H24N4O4.C2H6/c1-2-32-21(29)11-16-7-3-4-9-19(16)27-24(30)23-26-20-14-31-13-18(20)22(28-23)17-8-5-6-15(10-17)12-25;1-2/h3-10H,2,11-14,25H2,1H3,(H,27,30);1-2H3. The molecule has 2 heterocycles. The molecule has 1 aromatic heterocycles. The SMILES string of the molecule is CC.CCOC(=O)Cc1ccccc1NC(=O)c1nc2c(c(-c3cccc(CN)c3)n1)COC2. The van der Waals surface area contributed by atoms with E-state index in [1.54, 1.807) is 31.2 Å². The van der Waals surface area contributed by atoms with Gasteiger partial charge in [-0.1, -0.05) is 50.2 Å². The van der Waals surface area contributed by atoms with Crippen molar-refractivity contribution in [3.8, 4) is 11.3 Å². The summed E-state index contributed by atoms with van der Waals surface area (Å²) in [6.45, 7) is 7.17. The molecule has 8 nitrogen and oxygen atoms in total. The Balaban J connectivity index is 0.00000158. The number of nitrogens with zero attached hydrogens (tertiary/aromatic N) is 2. The fourth-order valence-electron chi connectivity index (χ4n) is 3.58. The molecule has 0 saturated heterocycles. The molecule has 1 aliphatic heterocycles. The van der Waals surface area contributed by atoms with Crippen molar-refractivity contribution >= 4 is 17.6 Å². The smallest absolute Gasteiger partial charge is 0.310 e. The summed E-state index contributed by atoms with van der Waals surface area (Å²) in [5.74, 6) is -0.789. The minimum atomic E-state index is -0.466. The van der Waals surface area contributed by atoms with Crippen LogP contribution in [-0.2, 0) is 40.4 Å². The van der Waals surface area contributed by atoms with Crippen molar-refractivity contribution in [2.75, 3.05) is 11.9 Å². The van der Waals surface area contributed by atoms with Crippen LogP contribution in [0.25, 0.3) is 11.3 Å². The van der Waals surface area contributed by atoms with E-state index in [2.05, 4.69) is 15.3 Å². The number of rotatable bonds is 7. The highest BCUT2D eigenvalue weighted by molar-refractivity contribution is 6.02. The number of esters is 1. The van der Waals surface area contributed by atoms with Crippen LogP contribution < -0.4 is 11.1 Å². The predicted molar refractivity (Wildman–Crippen MR) is 130 cm³/mol. The normalized spacial score (nSPS) is 11.8. The highest BCUT2D eigenvalue weighted by atomic mass is 16.5. The molecule has 0 atom stereocenters. The van der Waals surface area contributed by atoms with Gasteiger partial charge in [0.25, 0.3) is 5.91 Å². The zero-order chi connectivity index (χ0) is 24.5. The number of para-hydroxylation sites is 1. The van der Waals surface area contributed by atoms with Crippen LogP contribution in [0.2, 0.25) is 0 Å². The molecule has 0 radical (unpaired) electrons. The topological polar surface area (TPSA) is 116 Å². The maximum Gasteiger partial charge on any atom is 0.310 e. The third-order valence-electron chi connectivity index (χ3n) is 5.12. The largest absolute Gasteiger partial charge is 0.466 e. The van der Waals surface area contributed by atoms with Gasteiger partial charge in [-0.05, 0) is 30.2 Å². The summed E-state index contributed by atoms with van der Waals surface area (Å²) in [6, 6.07) is 14.8. The Bertz CT molecular complexity index is 1160. The lowest BCUT2D eigenvalue weighted by Crippen LogP contribution is -2.19. The molecule has 0 saturated carbocycles. The lowest BCUT2D eigenvalue weighted by molar-refractivity contribution is -0.142. The number of anilines is 1. The number of nitrogens with two attached hydrogens (primary N) is 1. The van der Waals surface area contributed by atoms with Crippen LogP contribution >= 0.6 is 0 Å². The Morgan fingerprint density at radius 1 is 1.09 bits per heavy atom. The van der Waals surface area contributed by atoms with Gasteiger partial charge in [-0.2, -0.15) is 0 Å². The Labute approximate surface area is 199 Å².